The second-order valence-electron chi connectivity index (χ2n) is 7.62. The van der Waals surface area contributed by atoms with Gasteiger partial charge in [-0.1, -0.05) is 50.2 Å². The van der Waals surface area contributed by atoms with E-state index in [0.29, 0.717) is 12.1 Å². The summed E-state index contributed by atoms with van der Waals surface area (Å²) in [4.78, 5) is 14.5. The lowest BCUT2D eigenvalue weighted by atomic mass is 9.93. The van der Waals surface area contributed by atoms with Crippen LogP contribution in [0.5, 0.6) is 0 Å². The van der Waals surface area contributed by atoms with Crippen LogP contribution >= 0.6 is 0 Å². The summed E-state index contributed by atoms with van der Waals surface area (Å²) in [5, 5.41) is 0. The van der Waals surface area contributed by atoms with Crippen LogP contribution in [0.2, 0.25) is 0 Å². The fourth-order valence-electron chi connectivity index (χ4n) is 4.51. The van der Waals surface area contributed by atoms with Crippen LogP contribution in [-0.2, 0) is 14.8 Å². The average Bonchev–Trinajstić information content (AvgIpc) is 3.23. The molecule has 2 aliphatic rings. The average molecular weight is 401 g/mol. The van der Waals surface area contributed by atoms with E-state index in [2.05, 4.69) is 0 Å². The van der Waals surface area contributed by atoms with E-state index in [0.717, 1.165) is 5.56 Å². The number of para-hydroxylation sites is 1. The number of likely N-dealkylation sites (tertiary alicyclic amines) is 1. The minimum absolute atomic E-state index is 0.0822. The first kappa shape index (κ1) is 18.8. The van der Waals surface area contributed by atoms with Gasteiger partial charge < -0.3 is 4.74 Å². The van der Waals surface area contributed by atoms with Crippen LogP contribution in [0, 0.1) is 5.92 Å². The molecule has 0 aliphatic carbocycles. The van der Waals surface area contributed by atoms with Gasteiger partial charge in [-0.2, -0.15) is 0 Å². The Bertz CT molecular complexity index is 990. The lowest BCUT2D eigenvalue weighted by molar-refractivity contribution is 0.0942. The number of nitrogens with zero attached hydrogens (tertiary/aromatic N) is 2. The fourth-order valence-corrected chi connectivity index (χ4v) is 6.20. The second kappa shape index (κ2) is 6.81. The molecule has 28 heavy (non-hydrogen) atoms. The summed E-state index contributed by atoms with van der Waals surface area (Å²) in [7, 11) is -2.51. The van der Waals surface area contributed by atoms with Crippen LogP contribution in [0.4, 0.5) is 10.5 Å². The molecule has 2 aromatic rings. The van der Waals surface area contributed by atoms with E-state index in [9.17, 15) is 13.2 Å². The first-order valence-electron chi connectivity index (χ1n) is 9.42. The van der Waals surface area contributed by atoms with Gasteiger partial charge in [0.05, 0.1) is 17.7 Å². The topological polar surface area (TPSA) is 66.9 Å². The number of anilines is 1. The Hall–Kier alpha value is -2.54. The molecule has 0 aromatic heterocycles. The number of hydrogen-bond acceptors (Lipinski definition) is 4. The van der Waals surface area contributed by atoms with E-state index in [-0.39, 0.29) is 22.8 Å². The third-order valence-electron chi connectivity index (χ3n) is 5.77. The monoisotopic (exact) mass is 400 g/mol. The molecular weight excluding hydrogens is 376 g/mol. The number of fused-ring (bicyclic) bond motifs is 3. The number of benzene rings is 2. The van der Waals surface area contributed by atoms with E-state index < -0.39 is 22.3 Å². The zero-order valence-corrected chi connectivity index (χ0v) is 17.0. The zero-order chi connectivity index (χ0) is 20.1. The molecule has 6 nitrogen and oxygen atoms in total. The zero-order valence-electron chi connectivity index (χ0n) is 16.1. The van der Waals surface area contributed by atoms with Crippen molar-refractivity contribution in [1.29, 1.82) is 0 Å². The van der Waals surface area contributed by atoms with E-state index in [1.165, 1.54) is 11.4 Å². The predicted octanol–water partition coefficient (Wildman–Crippen LogP) is 3.80. The van der Waals surface area contributed by atoms with Crippen molar-refractivity contribution in [1.82, 2.24) is 4.90 Å². The predicted molar refractivity (Wildman–Crippen MR) is 107 cm³/mol. The van der Waals surface area contributed by atoms with Crippen molar-refractivity contribution in [2.24, 2.45) is 5.92 Å². The highest BCUT2D eigenvalue weighted by Crippen LogP contribution is 2.52. The van der Waals surface area contributed by atoms with Crippen molar-refractivity contribution in [2.75, 3.05) is 11.4 Å². The molecule has 4 rings (SSSR count). The summed E-state index contributed by atoms with van der Waals surface area (Å²) >= 11 is 0. The van der Waals surface area contributed by atoms with Crippen molar-refractivity contribution < 1.29 is 17.9 Å². The maximum atomic E-state index is 13.6. The van der Waals surface area contributed by atoms with E-state index in [1.54, 1.807) is 35.2 Å². The Labute approximate surface area is 165 Å². The number of methoxy groups -OCH3 is 1. The van der Waals surface area contributed by atoms with Crippen molar-refractivity contribution >= 4 is 21.8 Å². The minimum Gasteiger partial charge on any atom is -0.453 e. The lowest BCUT2D eigenvalue weighted by Gasteiger charge is -2.36. The quantitative estimate of drug-likeness (QED) is 0.786. The molecule has 0 unspecified atom stereocenters. The number of carbonyl (C=O) groups excluding carboxylic acids is 1. The maximum Gasteiger partial charge on any atom is 0.411 e. The number of ether oxygens (including phenoxy) is 1. The summed E-state index contributed by atoms with van der Waals surface area (Å²) in [6.45, 7) is 4.09. The molecular formula is C21H24N2O4S. The molecule has 2 aliphatic heterocycles. The molecule has 2 aromatic carbocycles. The lowest BCUT2D eigenvalue weighted by Crippen LogP contribution is -2.52. The number of sulfonamides is 1. The van der Waals surface area contributed by atoms with Gasteiger partial charge in [0.1, 0.15) is 6.17 Å². The highest BCUT2D eigenvalue weighted by molar-refractivity contribution is 7.92. The molecule has 3 atom stereocenters. The molecule has 1 saturated heterocycles. The highest BCUT2D eigenvalue weighted by atomic mass is 32.2. The molecule has 0 N–H and O–H groups in total. The fraction of sp³-hybridized carbons (Fsp3) is 0.381. The van der Waals surface area contributed by atoms with Crippen LogP contribution in [0.15, 0.2) is 59.5 Å². The number of hydrogen-bond donors (Lipinski definition) is 0. The summed E-state index contributed by atoms with van der Waals surface area (Å²) < 4.78 is 33.7. The summed E-state index contributed by atoms with van der Waals surface area (Å²) in [6.07, 6.45) is -0.412. The van der Waals surface area contributed by atoms with Crippen LogP contribution in [-0.4, -0.2) is 38.7 Å². The molecule has 7 heteroatoms. The molecule has 1 fully saturated rings. The molecule has 0 bridgehead atoms. The number of amides is 1. The van der Waals surface area contributed by atoms with Crippen LogP contribution in [0.1, 0.15) is 31.7 Å². The maximum absolute atomic E-state index is 13.6. The number of rotatable bonds is 3. The smallest absolute Gasteiger partial charge is 0.411 e. The summed E-state index contributed by atoms with van der Waals surface area (Å²) in [5.74, 6) is 0.0966. The van der Waals surface area contributed by atoms with Gasteiger partial charge in [-0.25, -0.2) is 17.5 Å². The second-order valence-corrected chi connectivity index (χ2v) is 9.43. The van der Waals surface area contributed by atoms with Crippen molar-refractivity contribution in [3.8, 4) is 0 Å². The van der Waals surface area contributed by atoms with Gasteiger partial charge in [0, 0.05) is 12.0 Å². The van der Waals surface area contributed by atoms with Gasteiger partial charge in [0.25, 0.3) is 10.0 Å². The van der Waals surface area contributed by atoms with E-state index >= 15 is 0 Å². The van der Waals surface area contributed by atoms with Gasteiger partial charge in [-0.05, 0) is 36.1 Å². The van der Waals surface area contributed by atoms with Gasteiger partial charge >= 0.3 is 6.09 Å². The Morgan fingerprint density at radius 2 is 1.71 bits per heavy atom. The highest BCUT2D eigenvalue weighted by Gasteiger charge is 2.56. The van der Waals surface area contributed by atoms with E-state index in [4.69, 9.17) is 4.74 Å². The third-order valence-corrected chi connectivity index (χ3v) is 7.57. The Morgan fingerprint density at radius 3 is 2.36 bits per heavy atom. The first-order chi connectivity index (χ1) is 13.4. The number of carbonyl (C=O) groups is 1. The molecule has 0 spiro atoms. The molecule has 1 amide bonds. The Kier molecular flexibility index (Phi) is 4.57. The Balaban J connectivity index is 1.90. The van der Waals surface area contributed by atoms with Crippen LogP contribution in [0.25, 0.3) is 0 Å². The first-order valence-corrected chi connectivity index (χ1v) is 10.9. The Morgan fingerprint density at radius 1 is 1.07 bits per heavy atom. The van der Waals surface area contributed by atoms with Gasteiger partial charge in [0.15, 0.2) is 0 Å². The third kappa shape index (κ3) is 2.68. The largest absolute Gasteiger partial charge is 0.453 e. The molecule has 0 radical (unpaired) electrons. The van der Waals surface area contributed by atoms with E-state index in [1.807, 2.05) is 38.1 Å². The van der Waals surface area contributed by atoms with Crippen LogP contribution in [0.3, 0.4) is 0 Å². The van der Waals surface area contributed by atoms with Crippen molar-refractivity contribution in [3.63, 3.8) is 0 Å². The molecule has 148 valence electrons. The van der Waals surface area contributed by atoms with Gasteiger partial charge in [-0.15, -0.1) is 0 Å². The van der Waals surface area contributed by atoms with Gasteiger partial charge in [-0.3, -0.25) is 4.90 Å². The SMILES string of the molecule is COC(=O)N1[C@@H](C(C)C)C[C@@H]2c3ccccc3N(S(=O)(=O)c3ccccc3)[C@@H]21. The molecule has 0 saturated carbocycles. The molecule has 2 heterocycles. The normalized spacial score (nSPS) is 23.6. The summed E-state index contributed by atoms with van der Waals surface area (Å²) in [5.41, 5.74) is 1.60. The standard InChI is InChI=1S/C21H24N2O4S/c1-14(2)19-13-17-16-11-7-8-12-18(16)23(20(17)22(19)21(24)27-3)28(25,26)15-9-5-4-6-10-15/h4-12,14,17,19-20H,13H2,1-3H3/t17-,19-,20+/m1/s1. The van der Waals surface area contributed by atoms with Crippen LogP contribution < -0.4 is 4.31 Å². The van der Waals surface area contributed by atoms with Crippen molar-refractivity contribution in [2.45, 2.75) is 43.3 Å². The minimum atomic E-state index is -3.85. The van der Waals surface area contributed by atoms with Gasteiger partial charge in [0.2, 0.25) is 0 Å². The summed E-state index contributed by atoms with van der Waals surface area (Å²) in [6, 6.07) is 15.8. The van der Waals surface area contributed by atoms with Crippen molar-refractivity contribution in [3.05, 3.63) is 60.2 Å².